The molecule has 6 nitrogen and oxygen atoms in total. The van der Waals surface area contributed by atoms with Crippen LogP contribution in [-0.2, 0) is 14.3 Å². The Labute approximate surface area is 418 Å². The topological polar surface area (TPSA) is 95.9 Å². The number of aliphatic hydroxyl groups is 2. The van der Waals surface area contributed by atoms with Crippen LogP contribution in [-0.4, -0.2) is 47.4 Å². The van der Waals surface area contributed by atoms with E-state index in [0.29, 0.717) is 25.9 Å². The van der Waals surface area contributed by atoms with Crippen LogP contribution in [0.4, 0.5) is 0 Å². The van der Waals surface area contributed by atoms with Crippen molar-refractivity contribution in [2.75, 3.05) is 13.2 Å². The number of allylic oxidation sites excluding steroid dienone is 4. The fourth-order valence-electron chi connectivity index (χ4n) is 9.38. The molecule has 396 valence electrons. The van der Waals surface area contributed by atoms with E-state index in [-0.39, 0.29) is 18.5 Å². The molecule has 3 N–H and O–H groups in total. The highest BCUT2D eigenvalue weighted by Gasteiger charge is 2.20. The fourth-order valence-corrected chi connectivity index (χ4v) is 9.38. The predicted octanol–water partition coefficient (Wildman–Crippen LogP) is 18.6. The molecule has 0 aromatic carbocycles. The maximum absolute atomic E-state index is 12.4. The van der Waals surface area contributed by atoms with Gasteiger partial charge in [-0.05, 0) is 57.8 Å². The lowest BCUT2D eigenvalue weighted by Gasteiger charge is -2.22. The number of esters is 1. The molecule has 0 fully saturated rings. The minimum Gasteiger partial charge on any atom is -0.466 e. The van der Waals surface area contributed by atoms with Gasteiger partial charge in [-0.1, -0.05) is 282 Å². The summed E-state index contributed by atoms with van der Waals surface area (Å²) in [5.74, 6) is -0.0277. The Morgan fingerprint density at radius 1 is 0.418 bits per heavy atom. The number of hydrogen-bond acceptors (Lipinski definition) is 5. The molecule has 0 heterocycles. The van der Waals surface area contributed by atoms with Crippen LogP contribution >= 0.6 is 0 Å². The molecule has 0 aliphatic heterocycles. The zero-order chi connectivity index (χ0) is 48.6. The lowest BCUT2D eigenvalue weighted by Crippen LogP contribution is -2.45. The van der Waals surface area contributed by atoms with Gasteiger partial charge in [-0.25, -0.2) is 0 Å². The van der Waals surface area contributed by atoms with E-state index in [1.54, 1.807) is 0 Å². The molecule has 0 aromatic rings. The number of ether oxygens (including phenoxy) is 1. The van der Waals surface area contributed by atoms with Crippen molar-refractivity contribution in [3.8, 4) is 0 Å². The Morgan fingerprint density at radius 3 is 1.16 bits per heavy atom. The average molecular weight is 945 g/mol. The first-order valence-electron chi connectivity index (χ1n) is 30.1. The van der Waals surface area contributed by atoms with Crippen LogP contribution in [0, 0.1) is 0 Å². The van der Waals surface area contributed by atoms with Gasteiger partial charge in [0.2, 0.25) is 5.91 Å². The zero-order valence-electron chi connectivity index (χ0n) is 45.1. The standard InChI is InChI=1S/C61H117NO5/c1-3-5-7-9-11-13-14-15-16-25-29-32-35-39-43-47-51-55-61(66)67-56-52-48-44-40-36-33-30-27-24-22-20-18-17-19-21-23-26-28-31-34-38-42-46-50-54-60(65)62-58(57-63)59(64)53-49-45-41-37-12-10-8-6-4-2/h11,13,15-16,58-59,63-64H,3-10,12,14,17-57H2,1-2H3,(H,62,65)/b13-11-,16-15-. The Morgan fingerprint density at radius 2 is 0.746 bits per heavy atom. The Hall–Kier alpha value is -1.66. The van der Waals surface area contributed by atoms with Crippen molar-refractivity contribution in [1.29, 1.82) is 0 Å². The van der Waals surface area contributed by atoms with Crippen LogP contribution in [0.1, 0.15) is 328 Å². The summed E-state index contributed by atoms with van der Waals surface area (Å²) in [7, 11) is 0. The molecule has 0 rings (SSSR count). The predicted molar refractivity (Wildman–Crippen MR) is 292 cm³/mol. The second-order valence-electron chi connectivity index (χ2n) is 20.7. The quantitative estimate of drug-likeness (QED) is 0.0321. The van der Waals surface area contributed by atoms with Crippen LogP contribution < -0.4 is 5.32 Å². The van der Waals surface area contributed by atoms with Gasteiger partial charge in [-0.15, -0.1) is 0 Å². The smallest absolute Gasteiger partial charge is 0.305 e. The molecule has 0 aliphatic rings. The van der Waals surface area contributed by atoms with E-state index in [0.717, 1.165) is 51.4 Å². The summed E-state index contributed by atoms with van der Waals surface area (Å²) >= 11 is 0. The molecule has 0 radical (unpaired) electrons. The van der Waals surface area contributed by atoms with Crippen molar-refractivity contribution in [3.05, 3.63) is 24.3 Å². The summed E-state index contributed by atoms with van der Waals surface area (Å²) in [6.07, 6.45) is 69.1. The fraction of sp³-hybridized carbons (Fsp3) is 0.902. The first kappa shape index (κ1) is 65.3. The lowest BCUT2D eigenvalue weighted by molar-refractivity contribution is -0.143. The SMILES string of the molecule is CCCCC/C=C\C/C=C\CCCCCCCCCC(=O)OCCCCCCCCCCCCCCCCCCCCCCCCCCC(=O)NC(CO)C(O)CCCCCCCCCCC. The number of carbonyl (C=O) groups excluding carboxylic acids is 2. The van der Waals surface area contributed by atoms with Crippen molar-refractivity contribution in [2.45, 2.75) is 341 Å². The van der Waals surface area contributed by atoms with Gasteiger partial charge in [0.15, 0.2) is 0 Å². The van der Waals surface area contributed by atoms with E-state index in [1.807, 2.05) is 0 Å². The van der Waals surface area contributed by atoms with Crippen LogP contribution in [0.15, 0.2) is 24.3 Å². The maximum Gasteiger partial charge on any atom is 0.305 e. The van der Waals surface area contributed by atoms with Gasteiger partial charge < -0.3 is 20.3 Å². The summed E-state index contributed by atoms with van der Waals surface area (Å²) in [5, 5.41) is 23.1. The van der Waals surface area contributed by atoms with Gasteiger partial charge >= 0.3 is 5.97 Å². The van der Waals surface area contributed by atoms with E-state index in [4.69, 9.17) is 4.74 Å². The molecule has 0 aromatic heterocycles. The number of carbonyl (C=O) groups is 2. The van der Waals surface area contributed by atoms with Crippen molar-refractivity contribution in [3.63, 3.8) is 0 Å². The summed E-state index contributed by atoms with van der Waals surface area (Å²) in [6, 6.07) is -0.538. The monoisotopic (exact) mass is 944 g/mol. The van der Waals surface area contributed by atoms with Gasteiger partial charge in [0.25, 0.3) is 0 Å². The third kappa shape index (κ3) is 53.5. The van der Waals surface area contributed by atoms with Crippen LogP contribution in [0.3, 0.4) is 0 Å². The largest absolute Gasteiger partial charge is 0.466 e. The maximum atomic E-state index is 12.4. The molecule has 0 aliphatic carbocycles. The Balaban J connectivity index is 3.33. The number of unbranched alkanes of at least 4 members (excludes halogenated alkanes) is 41. The molecule has 67 heavy (non-hydrogen) atoms. The molecule has 0 saturated carbocycles. The van der Waals surface area contributed by atoms with E-state index in [2.05, 4.69) is 43.5 Å². The number of aliphatic hydroxyl groups excluding tert-OH is 2. The van der Waals surface area contributed by atoms with Crippen LogP contribution in [0.2, 0.25) is 0 Å². The molecule has 2 unspecified atom stereocenters. The van der Waals surface area contributed by atoms with Crippen molar-refractivity contribution >= 4 is 11.9 Å². The van der Waals surface area contributed by atoms with Crippen LogP contribution in [0.25, 0.3) is 0 Å². The van der Waals surface area contributed by atoms with Crippen molar-refractivity contribution in [2.24, 2.45) is 0 Å². The van der Waals surface area contributed by atoms with Gasteiger partial charge in [-0.2, -0.15) is 0 Å². The highest BCUT2D eigenvalue weighted by atomic mass is 16.5. The minimum absolute atomic E-state index is 0.00776. The summed E-state index contributed by atoms with van der Waals surface area (Å²) in [6.45, 7) is 4.92. The first-order chi connectivity index (χ1) is 33.0. The van der Waals surface area contributed by atoms with Gasteiger partial charge in [-0.3, -0.25) is 9.59 Å². The Kier molecular flexibility index (Phi) is 55.5. The highest BCUT2D eigenvalue weighted by Crippen LogP contribution is 2.18. The lowest BCUT2D eigenvalue weighted by atomic mass is 10.0. The normalized spacial score (nSPS) is 12.7. The van der Waals surface area contributed by atoms with E-state index in [9.17, 15) is 19.8 Å². The Bertz CT molecular complexity index is 1040. The van der Waals surface area contributed by atoms with E-state index < -0.39 is 12.1 Å². The molecule has 6 heteroatoms. The zero-order valence-corrected chi connectivity index (χ0v) is 45.1. The van der Waals surface area contributed by atoms with Crippen molar-refractivity contribution < 1.29 is 24.5 Å². The summed E-state index contributed by atoms with van der Waals surface area (Å²) < 4.78 is 5.49. The number of amides is 1. The highest BCUT2D eigenvalue weighted by molar-refractivity contribution is 5.76. The average Bonchev–Trinajstić information content (AvgIpc) is 3.33. The van der Waals surface area contributed by atoms with E-state index >= 15 is 0 Å². The molecule has 1 amide bonds. The molecular formula is C61H117NO5. The van der Waals surface area contributed by atoms with E-state index in [1.165, 1.54) is 244 Å². The minimum atomic E-state index is -0.661. The summed E-state index contributed by atoms with van der Waals surface area (Å²) in [4.78, 5) is 24.5. The molecule has 0 saturated heterocycles. The van der Waals surface area contributed by atoms with Crippen molar-refractivity contribution in [1.82, 2.24) is 5.32 Å². The molecular weight excluding hydrogens is 827 g/mol. The van der Waals surface area contributed by atoms with Gasteiger partial charge in [0.1, 0.15) is 0 Å². The molecule has 0 bridgehead atoms. The van der Waals surface area contributed by atoms with Gasteiger partial charge in [0, 0.05) is 12.8 Å². The van der Waals surface area contributed by atoms with Gasteiger partial charge in [0.05, 0.1) is 25.4 Å². The second kappa shape index (κ2) is 56.9. The third-order valence-corrected chi connectivity index (χ3v) is 14.0. The summed E-state index contributed by atoms with van der Waals surface area (Å²) in [5.41, 5.74) is 0. The molecule has 0 spiro atoms. The van der Waals surface area contributed by atoms with Crippen LogP contribution in [0.5, 0.6) is 0 Å². The first-order valence-corrected chi connectivity index (χ1v) is 30.1. The number of rotatable bonds is 56. The molecule has 2 atom stereocenters. The number of hydrogen-bond donors (Lipinski definition) is 3. The third-order valence-electron chi connectivity index (χ3n) is 14.0. The second-order valence-corrected chi connectivity index (χ2v) is 20.7. The number of nitrogens with one attached hydrogen (secondary N) is 1.